The molecule has 0 saturated heterocycles. The Morgan fingerprint density at radius 2 is 1.32 bits per heavy atom. The molecule has 0 aliphatic heterocycles. The first kappa shape index (κ1) is 25.7. The SMILES string of the molecule is CCCCCCC(O)CCCCCCC(CC)S(=O)(=O)[O-].[K+]. The van der Waals surface area contributed by atoms with Crippen molar-refractivity contribution < 1.29 is 69.5 Å². The first-order valence-electron chi connectivity index (χ1n) is 8.54. The molecule has 0 amide bonds. The molecule has 4 nitrogen and oxygen atoms in total. The Bertz CT molecular complexity index is 333. The van der Waals surface area contributed by atoms with Gasteiger partial charge in [-0.15, -0.1) is 0 Å². The third-order valence-electron chi connectivity index (χ3n) is 4.07. The van der Waals surface area contributed by atoms with Gasteiger partial charge in [-0.25, -0.2) is 8.42 Å². The molecular formula is C16H33KO4S. The van der Waals surface area contributed by atoms with Gasteiger partial charge >= 0.3 is 51.4 Å². The molecule has 0 fully saturated rings. The minimum absolute atomic E-state index is 0. The molecule has 128 valence electrons. The minimum atomic E-state index is -4.13. The van der Waals surface area contributed by atoms with E-state index in [0.717, 1.165) is 44.9 Å². The van der Waals surface area contributed by atoms with Gasteiger partial charge in [0.25, 0.3) is 0 Å². The van der Waals surface area contributed by atoms with Crippen LogP contribution in [0.25, 0.3) is 0 Å². The Labute approximate surface area is 180 Å². The predicted molar refractivity (Wildman–Crippen MR) is 86.2 cm³/mol. The van der Waals surface area contributed by atoms with Crippen LogP contribution in [0.15, 0.2) is 0 Å². The van der Waals surface area contributed by atoms with Crippen LogP contribution in [0.5, 0.6) is 0 Å². The fourth-order valence-electron chi connectivity index (χ4n) is 2.61. The summed E-state index contributed by atoms with van der Waals surface area (Å²) in [5.74, 6) is 0. The molecule has 0 aromatic carbocycles. The Balaban J connectivity index is 0. The molecule has 0 spiro atoms. The van der Waals surface area contributed by atoms with Crippen molar-refractivity contribution in [2.75, 3.05) is 0 Å². The molecule has 0 bridgehead atoms. The summed E-state index contributed by atoms with van der Waals surface area (Å²) in [4.78, 5) is 0. The van der Waals surface area contributed by atoms with Gasteiger partial charge in [0.15, 0.2) is 0 Å². The van der Waals surface area contributed by atoms with Gasteiger partial charge in [0.1, 0.15) is 0 Å². The second-order valence-corrected chi connectivity index (χ2v) is 7.67. The van der Waals surface area contributed by atoms with Crippen LogP contribution in [0, 0.1) is 0 Å². The Morgan fingerprint density at radius 3 is 1.73 bits per heavy atom. The zero-order valence-electron chi connectivity index (χ0n) is 14.7. The predicted octanol–water partition coefficient (Wildman–Crippen LogP) is 0.986. The number of rotatable bonds is 14. The first-order chi connectivity index (χ1) is 9.91. The van der Waals surface area contributed by atoms with E-state index in [1.54, 1.807) is 6.92 Å². The Morgan fingerprint density at radius 1 is 0.864 bits per heavy atom. The summed E-state index contributed by atoms with van der Waals surface area (Å²) in [6.07, 6.45) is 10.9. The second kappa shape index (κ2) is 16.0. The summed E-state index contributed by atoms with van der Waals surface area (Å²) in [6, 6.07) is 0. The summed E-state index contributed by atoms with van der Waals surface area (Å²) in [6.45, 7) is 3.92. The van der Waals surface area contributed by atoms with Crippen molar-refractivity contribution in [2.45, 2.75) is 102 Å². The molecule has 2 atom stereocenters. The summed E-state index contributed by atoms with van der Waals surface area (Å²) in [5.41, 5.74) is 0. The van der Waals surface area contributed by atoms with Crippen molar-refractivity contribution in [3.63, 3.8) is 0 Å². The fourth-order valence-corrected chi connectivity index (χ4v) is 3.47. The van der Waals surface area contributed by atoms with E-state index in [1.807, 2.05) is 0 Å². The Hall–Kier alpha value is 1.51. The number of hydrogen-bond acceptors (Lipinski definition) is 4. The van der Waals surface area contributed by atoms with Gasteiger partial charge in [0, 0.05) is 5.25 Å². The van der Waals surface area contributed by atoms with Crippen LogP contribution in [-0.4, -0.2) is 29.4 Å². The van der Waals surface area contributed by atoms with Crippen molar-refractivity contribution in [3.8, 4) is 0 Å². The normalized spacial score (nSPS) is 14.4. The summed E-state index contributed by atoms with van der Waals surface area (Å²) in [5, 5.41) is 9.10. The molecule has 0 heterocycles. The molecular weight excluding hydrogens is 327 g/mol. The van der Waals surface area contributed by atoms with Crippen LogP contribution in [0.2, 0.25) is 0 Å². The molecule has 0 radical (unpaired) electrons. The van der Waals surface area contributed by atoms with E-state index in [1.165, 1.54) is 19.3 Å². The standard InChI is InChI=1S/C16H34O4S.K/c1-3-5-6-9-12-15(17)13-10-7-8-11-14-16(4-2)21(18,19)20;/h15-17H,3-14H2,1-2H3,(H,18,19,20);/q;+1/p-1. The molecule has 0 rings (SSSR count). The van der Waals surface area contributed by atoms with Crippen molar-refractivity contribution >= 4 is 10.1 Å². The maximum Gasteiger partial charge on any atom is 1.00 e. The molecule has 0 aromatic heterocycles. The number of aliphatic hydroxyl groups is 1. The average molecular weight is 361 g/mol. The number of aliphatic hydroxyl groups excluding tert-OH is 1. The average Bonchev–Trinajstić information content (AvgIpc) is 2.41. The topological polar surface area (TPSA) is 77.4 Å². The third kappa shape index (κ3) is 15.1. The maximum atomic E-state index is 10.9. The largest absolute Gasteiger partial charge is 1.00 e. The minimum Gasteiger partial charge on any atom is -0.748 e. The Kier molecular flexibility index (Phi) is 18.7. The number of unbranched alkanes of at least 4 members (excludes halogenated alkanes) is 6. The van der Waals surface area contributed by atoms with Gasteiger partial charge < -0.3 is 9.66 Å². The van der Waals surface area contributed by atoms with Crippen molar-refractivity contribution in [1.82, 2.24) is 0 Å². The van der Waals surface area contributed by atoms with Gasteiger partial charge in [0.2, 0.25) is 0 Å². The van der Waals surface area contributed by atoms with E-state index in [9.17, 15) is 18.1 Å². The van der Waals surface area contributed by atoms with E-state index in [0.29, 0.717) is 12.8 Å². The van der Waals surface area contributed by atoms with Crippen LogP contribution in [0.3, 0.4) is 0 Å². The van der Waals surface area contributed by atoms with Crippen LogP contribution >= 0.6 is 0 Å². The molecule has 0 aliphatic rings. The van der Waals surface area contributed by atoms with Gasteiger partial charge in [-0.1, -0.05) is 65.2 Å². The van der Waals surface area contributed by atoms with Crippen LogP contribution in [-0.2, 0) is 10.1 Å². The molecule has 2 unspecified atom stereocenters. The van der Waals surface area contributed by atoms with Crippen molar-refractivity contribution in [3.05, 3.63) is 0 Å². The zero-order valence-corrected chi connectivity index (χ0v) is 18.7. The third-order valence-corrected chi connectivity index (χ3v) is 5.45. The van der Waals surface area contributed by atoms with E-state index in [-0.39, 0.29) is 57.5 Å². The quantitative estimate of drug-likeness (QED) is 0.285. The van der Waals surface area contributed by atoms with Gasteiger partial charge in [-0.2, -0.15) is 0 Å². The number of hydrogen-bond donors (Lipinski definition) is 1. The van der Waals surface area contributed by atoms with Gasteiger partial charge in [0.05, 0.1) is 16.2 Å². The smallest absolute Gasteiger partial charge is 0.748 e. The van der Waals surface area contributed by atoms with Crippen molar-refractivity contribution in [1.29, 1.82) is 0 Å². The van der Waals surface area contributed by atoms with Crippen LogP contribution in [0.1, 0.15) is 90.9 Å². The molecule has 6 heteroatoms. The van der Waals surface area contributed by atoms with E-state index in [4.69, 9.17) is 0 Å². The monoisotopic (exact) mass is 360 g/mol. The molecule has 1 N–H and O–H groups in total. The zero-order chi connectivity index (χ0) is 16.1. The van der Waals surface area contributed by atoms with Crippen LogP contribution < -0.4 is 51.4 Å². The summed E-state index contributed by atoms with van der Waals surface area (Å²) >= 11 is 0. The summed E-state index contributed by atoms with van der Waals surface area (Å²) in [7, 11) is -4.13. The second-order valence-electron chi connectivity index (χ2n) is 6.02. The maximum absolute atomic E-state index is 10.9. The fraction of sp³-hybridized carbons (Fsp3) is 1.00. The summed E-state index contributed by atoms with van der Waals surface area (Å²) < 4.78 is 32.8. The van der Waals surface area contributed by atoms with Crippen LogP contribution in [0.4, 0.5) is 0 Å². The molecule has 0 saturated carbocycles. The van der Waals surface area contributed by atoms with Crippen molar-refractivity contribution in [2.24, 2.45) is 0 Å². The van der Waals surface area contributed by atoms with Gasteiger partial charge in [-0.3, -0.25) is 0 Å². The molecule has 0 aromatic rings. The first-order valence-corrected chi connectivity index (χ1v) is 10.0. The van der Waals surface area contributed by atoms with E-state index < -0.39 is 15.4 Å². The van der Waals surface area contributed by atoms with Gasteiger partial charge in [-0.05, 0) is 25.7 Å². The van der Waals surface area contributed by atoms with E-state index in [2.05, 4.69) is 6.92 Å². The van der Waals surface area contributed by atoms with E-state index >= 15 is 0 Å². The molecule has 22 heavy (non-hydrogen) atoms. The molecule has 0 aliphatic carbocycles.